The average molecular weight is 235 g/mol. The minimum absolute atomic E-state index is 0.114. The van der Waals surface area contributed by atoms with Crippen LogP contribution in [-0.2, 0) is 0 Å². The van der Waals surface area contributed by atoms with Gasteiger partial charge >= 0.3 is 0 Å². The molecule has 4 heteroatoms. The summed E-state index contributed by atoms with van der Waals surface area (Å²) in [6.45, 7) is 7.13. The van der Waals surface area contributed by atoms with Crippen molar-refractivity contribution in [3.8, 4) is 0 Å². The van der Waals surface area contributed by atoms with Crippen LogP contribution in [0, 0.1) is 5.41 Å². The van der Waals surface area contributed by atoms with E-state index in [9.17, 15) is 4.79 Å². The van der Waals surface area contributed by atoms with Crippen molar-refractivity contribution in [3.63, 3.8) is 0 Å². The molecule has 0 atom stereocenters. The lowest BCUT2D eigenvalue weighted by molar-refractivity contribution is 0.0944. The first kappa shape index (κ1) is 13.5. The second kappa shape index (κ2) is 5.66. The molecule has 1 aromatic rings. The minimum atomic E-state index is -0.114. The van der Waals surface area contributed by atoms with E-state index < -0.39 is 0 Å². The van der Waals surface area contributed by atoms with E-state index in [1.165, 1.54) is 0 Å². The molecule has 0 saturated heterocycles. The zero-order valence-electron chi connectivity index (χ0n) is 11.0. The summed E-state index contributed by atoms with van der Waals surface area (Å²) in [7, 11) is 1.82. The van der Waals surface area contributed by atoms with Crippen LogP contribution in [0.5, 0.6) is 0 Å². The second-order valence-electron chi connectivity index (χ2n) is 5.25. The number of pyridine rings is 1. The number of anilines is 1. The summed E-state index contributed by atoms with van der Waals surface area (Å²) >= 11 is 0. The number of nitrogens with one attached hydrogen (secondary N) is 2. The number of carbonyl (C=O) groups is 1. The Balaban J connectivity index is 2.47. The Bertz CT molecular complexity index is 365. The van der Waals surface area contributed by atoms with Gasteiger partial charge in [0.2, 0.25) is 0 Å². The molecule has 0 aliphatic carbocycles. The van der Waals surface area contributed by atoms with Crippen molar-refractivity contribution in [1.82, 2.24) is 10.3 Å². The van der Waals surface area contributed by atoms with Crippen LogP contribution < -0.4 is 10.6 Å². The summed E-state index contributed by atoms with van der Waals surface area (Å²) in [5.74, 6) is -0.114. The van der Waals surface area contributed by atoms with Crippen LogP contribution in [0.2, 0.25) is 0 Å². The standard InChI is InChI=1S/C13H21N3O/c1-13(2,3)7-8-15-12(17)11-6-5-10(14-4)9-16-11/h5-6,9,14H,7-8H2,1-4H3,(H,15,17). The topological polar surface area (TPSA) is 54.0 Å². The van der Waals surface area contributed by atoms with Gasteiger partial charge in [0.25, 0.3) is 5.91 Å². The van der Waals surface area contributed by atoms with E-state index in [1.807, 2.05) is 13.1 Å². The first-order chi connectivity index (χ1) is 7.92. The molecule has 0 aliphatic rings. The maximum atomic E-state index is 11.7. The van der Waals surface area contributed by atoms with Crippen LogP contribution in [0.25, 0.3) is 0 Å². The zero-order chi connectivity index (χ0) is 12.9. The number of carbonyl (C=O) groups excluding carboxylic acids is 1. The maximum absolute atomic E-state index is 11.7. The molecule has 1 rings (SSSR count). The Hall–Kier alpha value is -1.58. The fourth-order valence-corrected chi connectivity index (χ4v) is 1.32. The molecule has 0 fully saturated rings. The van der Waals surface area contributed by atoms with E-state index in [0.717, 1.165) is 12.1 Å². The maximum Gasteiger partial charge on any atom is 0.269 e. The van der Waals surface area contributed by atoms with Gasteiger partial charge in [-0.15, -0.1) is 0 Å². The summed E-state index contributed by atoms with van der Waals surface area (Å²) in [5.41, 5.74) is 1.59. The lowest BCUT2D eigenvalue weighted by Gasteiger charge is -2.17. The molecule has 1 amide bonds. The predicted octanol–water partition coefficient (Wildman–Crippen LogP) is 2.29. The molecular weight excluding hydrogens is 214 g/mol. The van der Waals surface area contributed by atoms with Gasteiger partial charge in [-0.3, -0.25) is 4.79 Å². The summed E-state index contributed by atoms with van der Waals surface area (Å²) in [6, 6.07) is 3.56. The highest BCUT2D eigenvalue weighted by Gasteiger charge is 2.11. The van der Waals surface area contributed by atoms with Crippen molar-refractivity contribution in [1.29, 1.82) is 0 Å². The van der Waals surface area contributed by atoms with Crippen LogP contribution >= 0.6 is 0 Å². The van der Waals surface area contributed by atoms with Crippen LogP contribution in [0.15, 0.2) is 18.3 Å². The highest BCUT2D eigenvalue weighted by molar-refractivity contribution is 5.92. The molecule has 0 saturated carbocycles. The van der Waals surface area contributed by atoms with Crippen molar-refractivity contribution in [2.45, 2.75) is 27.2 Å². The van der Waals surface area contributed by atoms with E-state index >= 15 is 0 Å². The summed E-state index contributed by atoms with van der Waals surface area (Å²) in [6.07, 6.45) is 2.60. The van der Waals surface area contributed by atoms with Crippen LogP contribution in [0.3, 0.4) is 0 Å². The lowest BCUT2D eigenvalue weighted by Crippen LogP contribution is -2.27. The average Bonchev–Trinajstić information content (AvgIpc) is 2.27. The van der Waals surface area contributed by atoms with E-state index in [2.05, 4.69) is 36.4 Å². The number of nitrogens with zero attached hydrogens (tertiary/aromatic N) is 1. The molecule has 17 heavy (non-hydrogen) atoms. The van der Waals surface area contributed by atoms with Gasteiger partial charge in [-0.2, -0.15) is 0 Å². The number of aromatic nitrogens is 1. The normalized spacial score (nSPS) is 11.1. The van der Waals surface area contributed by atoms with Crippen molar-refractivity contribution >= 4 is 11.6 Å². The van der Waals surface area contributed by atoms with E-state index in [1.54, 1.807) is 12.3 Å². The minimum Gasteiger partial charge on any atom is -0.387 e. The quantitative estimate of drug-likeness (QED) is 0.842. The van der Waals surface area contributed by atoms with Gasteiger partial charge < -0.3 is 10.6 Å². The third kappa shape index (κ3) is 4.85. The van der Waals surface area contributed by atoms with Crippen molar-refractivity contribution < 1.29 is 4.79 Å². The van der Waals surface area contributed by atoms with Gasteiger partial charge in [0.1, 0.15) is 5.69 Å². The van der Waals surface area contributed by atoms with Crippen LogP contribution in [0.4, 0.5) is 5.69 Å². The van der Waals surface area contributed by atoms with Gasteiger partial charge in [0.15, 0.2) is 0 Å². The highest BCUT2D eigenvalue weighted by Crippen LogP contribution is 2.17. The van der Waals surface area contributed by atoms with Crippen molar-refractivity contribution in [3.05, 3.63) is 24.0 Å². The summed E-state index contributed by atoms with van der Waals surface area (Å²) < 4.78 is 0. The SMILES string of the molecule is CNc1ccc(C(=O)NCCC(C)(C)C)nc1. The lowest BCUT2D eigenvalue weighted by atomic mass is 9.92. The Morgan fingerprint density at radius 2 is 2.06 bits per heavy atom. The second-order valence-corrected chi connectivity index (χ2v) is 5.25. The third-order valence-corrected chi connectivity index (χ3v) is 2.45. The molecule has 1 aromatic heterocycles. The largest absolute Gasteiger partial charge is 0.387 e. The van der Waals surface area contributed by atoms with Crippen LogP contribution in [0.1, 0.15) is 37.7 Å². The summed E-state index contributed by atoms with van der Waals surface area (Å²) in [4.78, 5) is 15.8. The van der Waals surface area contributed by atoms with E-state index in [4.69, 9.17) is 0 Å². The molecule has 0 unspecified atom stereocenters. The molecule has 0 aliphatic heterocycles. The molecule has 4 nitrogen and oxygen atoms in total. The Kier molecular flexibility index (Phi) is 4.49. The van der Waals surface area contributed by atoms with E-state index in [-0.39, 0.29) is 11.3 Å². The van der Waals surface area contributed by atoms with Gasteiger partial charge in [0.05, 0.1) is 11.9 Å². The Morgan fingerprint density at radius 1 is 1.35 bits per heavy atom. The molecule has 1 heterocycles. The third-order valence-electron chi connectivity index (χ3n) is 2.45. The zero-order valence-corrected chi connectivity index (χ0v) is 11.0. The number of amides is 1. The number of rotatable bonds is 4. The van der Waals surface area contributed by atoms with Crippen molar-refractivity contribution in [2.24, 2.45) is 5.41 Å². The number of hydrogen-bond acceptors (Lipinski definition) is 3. The number of hydrogen-bond donors (Lipinski definition) is 2. The molecule has 0 radical (unpaired) electrons. The fraction of sp³-hybridized carbons (Fsp3) is 0.538. The molecule has 0 bridgehead atoms. The Labute approximate surface area is 103 Å². The molecule has 0 aromatic carbocycles. The first-order valence-corrected chi connectivity index (χ1v) is 5.84. The predicted molar refractivity (Wildman–Crippen MR) is 70.2 cm³/mol. The van der Waals surface area contributed by atoms with Crippen LogP contribution in [-0.4, -0.2) is 24.5 Å². The van der Waals surface area contributed by atoms with Gasteiger partial charge in [-0.1, -0.05) is 20.8 Å². The molecular formula is C13H21N3O. The van der Waals surface area contributed by atoms with Crippen molar-refractivity contribution in [2.75, 3.05) is 18.9 Å². The molecule has 94 valence electrons. The first-order valence-electron chi connectivity index (χ1n) is 5.84. The molecule has 0 spiro atoms. The fourth-order valence-electron chi connectivity index (χ4n) is 1.32. The smallest absolute Gasteiger partial charge is 0.269 e. The summed E-state index contributed by atoms with van der Waals surface area (Å²) in [5, 5.41) is 5.83. The van der Waals surface area contributed by atoms with Gasteiger partial charge in [0, 0.05) is 13.6 Å². The van der Waals surface area contributed by atoms with Gasteiger partial charge in [-0.05, 0) is 24.0 Å². The van der Waals surface area contributed by atoms with Gasteiger partial charge in [-0.25, -0.2) is 4.98 Å². The van der Waals surface area contributed by atoms with E-state index in [0.29, 0.717) is 12.2 Å². The Morgan fingerprint density at radius 3 is 2.53 bits per heavy atom. The molecule has 2 N–H and O–H groups in total. The highest BCUT2D eigenvalue weighted by atomic mass is 16.1. The monoisotopic (exact) mass is 235 g/mol.